The third-order valence-electron chi connectivity index (χ3n) is 1.33. The molecule has 0 aromatic rings. The van der Waals surface area contributed by atoms with Crippen LogP contribution in [0.1, 0.15) is 33.6 Å². The van der Waals surface area contributed by atoms with Crippen molar-refractivity contribution in [1.82, 2.24) is 0 Å². The Labute approximate surface area is 72.5 Å². The van der Waals surface area contributed by atoms with Crippen molar-refractivity contribution in [1.29, 1.82) is 0 Å². The second kappa shape index (κ2) is 6.64. The molecule has 0 amide bonds. The molecule has 0 saturated heterocycles. The molecule has 0 aromatic carbocycles. The van der Waals surface area contributed by atoms with Gasteiger partial charge in [-0.15, -0.1) is 0 Å². The SMILES string of the molecule is CCOC(=O)ON=C(CC)CC. The number of rotatable bonds is 4. The normalized spacial score (nSPS) is 8.92. The minimum absolute atomic E-state index is 0.307. The molecule has 4 nitrogen and oxygen atoms in total. The predicted molar refractivity (Wildman–Crippen MR) is 46.1 cm³/mol. The molecule has 4 heteroatoms. The van der Waals surface area contributed by atoms with Crippen LogP contribution in [0.2, 0.25) is 0 Å². The van der Waals surface area contributed by atoms with E-state index in [0.717, 1.165) is 18.6 Å². The first kappa shape index (κ1) is 10.9. The molecule has 0 rings (SSSR count). The lowest BCUT2D eigenvalue weighted by Crippen LogP contribution is -2.05. The van der Waals surface area contributed by atoms with Crippen molar-refractivity contribution in [3.05, 3.63) is 0 Å². The van der Waals surface area contributed by atoms with Crippen molar-refractivity contribution in [2.45, 2.75) is 33.6 Å². The number of nitrogens with zero attached hydrogens (tertiary/aromatic N) is 1. The minimum atomic E-state index is -0.739. The summed E-state index contributed by atoms with van der Waals surface area (Å²) in [6.07, 6.45) is 0.836. The van der Waals surface area contributed by atoms with Crippen LogP contribution in [0.15, 0.2) is 5.16 Å². The Balaban J connectivity index is 3.76. The molecule has 12 heavy (non-hydrogen) atoms. The van der Waals surface area contributed by atoms with E-state index in [1.807, 2.05) is 13.8 Å². The van der Waals surface area contributed by atoms with Crippen LogP contribution in [0.4, 0.5) is 4.79 Å². The lowest BCUT2D eigenvalue weighted by molar-refractivity contribution is 0.0610. The molecular formula is C8H15NO3. The molecule has 0 aliphatic heterocycles. The third kappa shape index (κ3) is 4.71. The van der Waals surface area contributed by atoms with Gasteiger partial charge in [0.05, 0.1) is 12.3 Å². The van der Waals surface area contributed by atoms with Crippen molar-refractivity contribution < 1.29 is 14.4 Å². The van der Waals surface area contributed by atoms with Crippen molar-refractivity contribution in [3.8, 4) is 0 Å². The van der Waals surface area contributed by atoms with Crippen LogP contribution in [0.25, 0.3) is 0 Å². The highest BCUT2D eigenvalue weighted by Gasteiger charge is 2.01. The van der Waals surface area contributed by atoms with E-state index >= 15 is 0 Å². The van der Waals surface area contributed by atoms with Crippen molar-refractivity contribution in [2.75, 3.05) is 6.61 Å². The van der Waals surface area contributed by atoms with E-state index in [4.69, 9.17) is 0 Å². The van der Waals surface area contributed by atoms with Crippen molar-refractivity contribution in [3.63, 3.8) is 0 Å². The molecule has 0 heterocycles. The Hall–Kier alpha value is -1.06. The van der Waals surface area contributed by atoms with Gasteiger partial charge in [-0.25, -0.2) is 4.79 Å². The maximum Gasteiger partial charge on any atom is 0.535 e. The summed E-state index contributed by atoms with van der Waals surface area (Å²) in [5.74, 6) is 0. The summed E-state index contributed by atoms with van der Waals surface area (Å²) in [5.41, 5.74) is 0.850. The van der Waals surface area contributed by atoms with Gasteiger partial charge in [0.1, 0.15) is 0 Å². The Kier molecular flexibility index (Phi) is 6.05. The Morgan fingerprint density at radius 2 is 1.83 bits per heavy atom. The van der Waals surface area contributed by atoms with E-state index < -0.39 is 6.16 Å². The summed E-state index contributed by atoms with van der Waals surface area (Å²) in [4.78, 5) is 15.1. The fourth-order valence-electron chi connectivity index (χ4n) is 0.625. The van der Waals surface area contributed by atoms with E-state index in [2.05, 4.69) is 14.7 Å². The second-order valence-electron chi connectivity index (χ2n) is 2.14. The summed E-state index contributed by atoms with van der Waals surface area (Å²) >= 11 is 0. The number of oxime groups is 1. The Morgan fingerprint density at radius 1 is 1.25 bits per heavy atom. The highest BCUT2D eigenvalue weighted by atomic mass is 16.8. The van der Waals surface area contributed by atoms with Crippen LogP contribution in [-0.4, -0.2) is 18.5 Å². The van der Waals surface area contributed by atoms with E-state index in [9.17, 15) is 4.79 Å². The largest absolute Gasteiger partial charge is 0.535 e. The zero-order valence-electron chi connectivity index (χ0n) is 7.79. The second-order valence-corrected chi connectivity index (χ2v) is 2.14. The van der Waals surface area contributed by atoms with Crippen LogP contribution in [0.3, 0.4) is 0 Å². The van der Waals surface area contributed by atoms with Gasteiger partial charge < -0.3 is 4.74 Å². The number of carbonyl (C=O) groups is 1. The minimum Gasteiger partial charge on any atom is -0.433 e. The van der Waals surface area contributed by atoms with E-state index in [1.165, 1.54) is 0 Å². The molecule has 0 radical (unpaired) electrons. The molecule has 0 saturated carbocycles. The van der Waals surface area contributed by atoms with Gasteiger partial charge in [0, 0.05) is 0 Å². The predicted octanol–water partition coefficient (Wildman–Crippen LogP) is 2.34. The monoisotopic (exact) mass is 173 g/mol. The first-order valence-electron chi connectivity index (χ1n) is 4.14. The summed E-state index contributed by atoms with van der Waals surface area (Å²) in [7, 11) is 0. The first-order valence-corrected chi connectivity index (χ1v) is 4.14. The van der Waals surface area contributed by atoms with Crippen LogP contribution in [-0.2, 0) is 9.57 Å². The van der Waals surface area contributed by atoms with Gasteiger partial charge in [0.2, 0.25) is 0 Å². The summed E-state index contributed by atoms with van der Waals surface area (Å²) in [5, 5.41) is 3.62. The molecule has 0 fully saturated rings. The lowest BCUT2D eigenvalue weighted by Gasteiger charge is -1.99. The number of hydrogen-bond donors (Lipinski definition) is 0. The van der Waals surface area contributed by atoms with Crippen LogP contribution < -0.4 is 0 Å². The smallest absolute Gasteiger partial charge is 0.433 e. The van der Waals surface area contributed by atoms with Crippen LogP contribution >= 0.6 is 0 Å². The molecule has 0 N–H and O–H groups in total. The highest BCUT2D eigenvalue weighted by Crippen LogP contribution is 1.94. The molecule has 0 unspecified atom stereocenters. The highest BCUT2D eigenvalue weighted by molar-refractivity contribution is 5.83. The number of hydrogen-bond acceptors (Lipinski definition) is 4. The summed E-state index contributed by atoms with van der Waals surface area (Å²) < 4.78 is 4.51. The van der Waals surface area contributed by atoms with Crippen molar-refractivity contribution >= 4 is 11.9 Å². The maximum absolute atomic E-state index is 10.6. The molecular weight excluding hydrogens is 158 g/mol. The van der Waals surface area contributed by atoms with Crippen LogP contribution in [0.5, 0.6) is 0 Å². The zero-order valence-corrected chi connectivity index (χ0v) is 7.79. The average Bonchev–Trinajstić information content (AvgIpc) is 2.07. The third-order valence-corrected chi connectivity index (χ3v) is 1.33. The Bertz CT molecular complexity index is 160. The van der Waals surface area contributed by atoms with Gasteiger partial charge in [0.15, 0.2) is 0 Å². The molecule has 0 aromatic heterocycles. The topological polar surface area (TPSA) is 47.9 Å². The maximum atomic E-state index is 10.6. The van der Waals surface area contributed by atoms with E-state index in [0.29, 0.717) is 6.61 Å². The van der Waals surface area contributed by atoms with Crippen molar-refractivity contribution in [2.24, 2.45) is 5.16 Å². The first-order chi connectivity index (χ1) is 5.74. The number of ether oxygens (including phenoxy) is 1. The molecule has 70 valence electrons. The molecule has 0 atom stereocenters. The van der Waals surface area contributed by atoms with Gasteiger partial charge >= 0.3 is 6.16 Å². The van der Waals surface area contributed by atoms with Gasteiger partial charge in [0.25, 0.3) is 0 Å². The van der Waals surface area contributed by atoms with Gasteiger partial charge in [-0.1, -0.05) is 19.0 Å². The fraction of sp³-hybridized carbons (Fsp3) is 0.750. The zero-order chi connectivity index (χ0) is 9.40. The van der Waals surface area contributed by atoms with E-state index in [-0.39, 0.29) is 0 Å². The lowest BCUT2D eigenvalue weighted by atomic mass is 10.2. The molecule has 0 bridgehead atoms. The standard InChI is InChI=1S/C8H15NO3/c1-4-7(5-2)9-12-8(10)11-6-3/h4-6H2,1-3H3. The number of carbonyl (C=O) groups excluding carboxylic acids is 1. The molecule has 0 aliphatic rings. The summed E-state index contributed by atoms with van der Waals surface area (Å²) in [6, 6.07) is 0. The average molecular weight is 173 g/mol. The molecule has 0 aliphatic carbocycles. The van der Waals surface area contributed by atoms with Gasteiger partial charge in [-0.05, 0) is 19.8 Å². The quantitative estimate of drug-likeness (QED) is 0.284. The molecule has 0 spiro atoms. The fourth-order valence-corrected chi connectivity index (χ4v) is 0.625. The van der Waals surface area contributed by atoms with Gasteiger partial charge in [-0.2, -0.15) is 0 Å². The van der Waals surface area contributed by atoms with Crippen LogP contribution in [0, 0.1) is 0 Å². The summed E-state index contributed by atoms with van der Waals surface area (Å²) in [6.45, 7) is 5.93. The van der Waals surface area contributed by atoms with E-state index in [1.54, 1.807) is 6.92 Å². The van der Waals surface area contributed by atoms with Gasteiger partial charge in [-0.3, -0.25) is 4.84 Å². The Morgan fingerprint density at radius 3 is 2.25 bits per heavy atom.